The minimum Gasteiger partial charge on any atom is -0.330 e. The maximum absolute atomic E-state index is 13.8. The highest BCUT2D eigenvalue weighted by Gasteiger charge is 2.56. The third-order valence-electron chi connectivity index (χ3n) is 8.14. The highest BCUT2D eigenvalue weighted by Crippen LogP contribution is 2.60. The molecule has 2 heterocycles. The first-order valence-electron chi connectivity index (χ1n) is 11.7. The lowest BCUT2D eigenvalue weighted by Crippen LogP contribution is -2.56. The van der Waals surface area contributed by atoms with Gasteiger partial charge in [0.15, 0.2) is 0 Å². The van der Waals surface area contributed by atoms with Crippen LogP contribution in [0.2, 0.25) is 0 Å². The van der Waals surface area contributed by atoms with E-state index in [0.29, 0.717) is 0 Å². The van der Waals surface area contributed by atoms with E-state index in [1.165, 1.54) is 19.3 Å². The van der Waals surface area contributed by atoms with Crippen molar-refractivity contribution in [3.63, 3.8) is 0 Å². The quantitative estimate of drug-likeness (QED) is 0.739. The van der Waals surface area contributed by atoms with Gasteiger partial charge in [0, 0.05) is 29.4 Å². The molecule has 0 radical (unpaired) electrons. The van der Waals surface area contributed by atoms with Crippen LogP contribution in [-0.2, 0) is 9.59 Å². The number of carbonyl (C=O) groups excluding carboxylic acids is 2. The predicted molar refractivity (Wildman–Crippen MR) is 122 cm³/mol. The van der Waals surface area contributed by atoms with Crippen LogP contribution >= 0.6 is 11.3 Å². The average molecular weight is 436 g/mol. The van der Waals surface area contributed by atoms with Crippen molar-refractivity contribution in [3.8, 4) is 10.6 Å². The van der Waals surface area contributed by atoms with Crippen molar-refractivity contribution in [3.05, 3.63) is 35.8 Å². The van der Waals surface area contributed by atoms with E-state index in [-0.39, 0.29) is 23.3 Å². The number of anilines is 1. The lowest BCUT2D eigenvalue weighted by Gasteiger charge is -2.56. The van der Waals surface area contributed by atoms with Gasteiger partial charge in [-0.1, -0.05) is 0 Å². The molecule has 1 unspecified atom stereocenters. The van der Waals surface area contributed by atoms with E-state index in [0.717, 1.165) is 72.7 Å². The third kappa shape index (κ3) is 3.39. The second-order valence-corrected chi connectivity index (χ2v) is 11.2. The van der Waals surface area contributed by atoms with Crippen LogP contribution in [0.1, 0.15) is 51.4 Å². The first kappa shape index (κ1) is 19.5. The highest BCUT2D eigenvalue weighted by molar-refractivity contribution is 7.13. The molecule has 5 aliphatic rings. The van der Waals surface area contributed by atoms with E-state index in [1.54, 1.807) is 17.5 Å². The number of hydrogen-bond donors (Lipinski definition) is 1. The van der Waals surface area contributed by atoms with Gasteiger partial charge in [-0.2, -0.15) is 0 Å². The zero-order chi connectivity index (χ0) is 21.0. The maximum Gasteiger partial charge on any atom is 0.247 e. The van der Waals surface area contributed by atoms with Gasteiger partial charge in [0.05, 0.1) is 5.41 Å². The monoisotopic (exact) mass is 435 g/mol. The molecule has 2 amide bonds. The standard InChI is InChI=1S/C25H29N3O2S/c29-22(27-20-5-3-19(4-6-20)23-26-7-9-31-23)21-2-1-8-28(21)24(30)25-13-16-10-17(14-25)12-18(11-16)15-25/h3-7,9,16-18,21H,1-2,8,10-15H2,(H,27,29). The number of amides is 2. The Bertz CT molecular complexity index is 949. The Labute approximate surface area is 187 Å². The largest absolute Gasteiger partial charge is 0.330 e. The Morgan fingerprint density at radius 3 is 2.32 bits per heavy atom. The number of nitrogens with zero attached hydrogens (tertiary/aromatic N) is 2. The summed E-state index contributed by atoms with van der Waals surface area (Å²) in [6.45, 7) is 0.724. The number of hydrogen-bond acceptors (Lipinski definition) is 4. The lowest BCUT2D eigenvalue weighted by molar-refractivity contribution is -0.160. The van der Waals surface area contributed by atoms with Crippen LogP contribution < -0.4 is 5.32 Å². The fourth-order valence-corrected chi connectivity index (χ4v) is 7.89. The Morgan fingerprint density at radius 2 is 1.71 bits per heavy atom. The second kappa shape index (κ2) is 7.44. The molecule has 1 N–H and O–H groups in total. The number of thiazole rings is 1. The summed E-state index contributed by atoms with van der Waals surface area (Å²) >= 11 is 1.60. The van der Waals surface area contributed by atoms with E-state index in [9.17, 15) is 9.59 Å². The van der Waals surface area contributed by atoms with Gasteiger partial charge in [0.1, 0.15) is 11.0 Å². The molecule has 0 spiro atoms. The molecular weight excluding hydrogens is 406 g/mol. The van der Waals surface area contributed by atoms with Crippen LogP contribution in [0.15, 0.2) is 35.8 Å². The van der Waals surface area contributed by atoms with Crippen molar-refractivity contribution in [2.75, 3.05) is 11.9 Å². The predicted octanol–water partition coefficient (Wildman–Crippen LogP) is 4.96. The van der Waals surface area contributed by atoms with Crippen molar-refractivity contribution >= 4 is 28.8 Å². The summed E-state index contributed by atoms with van der Waals surface area (Å²) in [5, 5.41) is 6.00. The molecule has 2 aromatic rings. The van der Waals surface area contributed by atoms with Crippen molar-refractivity contribution in [1.82, 2.24) is 9.88 Å². The summed E-state index contributed by atoms with van der Waals surface area (Å²) in [6.07, 6.45) is 10.6. The Kier molecular flexibility index (Phi) is 4.67. The summed E-state index contributed by atoms with van der Waals surface area (Å²) in [4.78, 5) is 33.2. The lowest BCUT2D eigenvalue weighted by atomic mass is 9.49. The normalized spacial score (nSPS) is 33.6. The molecule has 5 nitrogen and oxygen atoms in total. The van der Waals surface area contributed by atoms with Gasteiger partial charge in [-0.15, -0.1) is 11.3 Å². The number of rotatable bonds is 4. The fraction of sp³-hybridized carbons (Fsp3) is 0.560. The van der Waals surface area contributed by atoms with Gasteiger partial charge < -0.3 is 10.2 Å². The first-order chi connectivity index (χ1) is 15.1. The summed E-state index contributed by atoms with van der Waals surface area (Å²) in [5.41, 5.74) is 1.65. The zero-order valence-electron chi connectivity index (χ0n) is 17.8. The molecule has 1 aromatic heterocycles. The minimum absolute atomic E-state index is 0.0439. The van der Waals surface area contributed by atoms with Gasteiger partial charge in [0.25, 0.3) is 0 Å². The van der Waals surface area contributed by atoms with Crippen molar-refractivity contribution in [1.29, 1.82) is 0 Å². The van der Waals surface area contributed by atoms with Gasteiger partial charge in [-0.25, -0.2) is 4.98 Å². The molecule has 1 saturated heterocycles. The van der Waals surface area contributed by atoms with E-state index in [4.69, 9.17) is 0 Å². The van der Waals surface area contributed by atoms with Crippen molar-refractivity contribution in [2.24, 2.45) is 23.2 Å². The molecule has 1 aliphatic heterocycles. The van der Waals surface area contributed by atoms with Crippen LogP contribution in [0.4, 0.5) is 5.69 Å². The average Bonchev–Trinajstić information content (AvgIpc) is 3.45. The molecule has 7 rings (SSSR count). The number of aromatic nitrogens is 1. The molecule has 31 heavy (non-hydrogen) atoms. The molecule has 1 atom stereocenters. The number of benzene rings is 1. The van der Waals surface area contributed by atoms with Crippen LogP contribution in [0.25, 0.3) is 10.6 Å². The maximum atomic E-state index is 13.8. The number of nitrogens with one attached hydrogen (secondary N) is 1. The number of likely N-dealkylation sites (tertiary alicyclic amines) is 1. The van der Waals surface area contributed by atoms with Crippen molar-refractivity contribution in [2.45, 2.75) is 57.4 Å². The van der Waals surface area contributed by atoms with E-state index in [1.807, 2.05) is 34.5 Å². The minimum atomic E-state index is -0.334. The molecule has 4 aliphatic carbocycles. The molecule has 1 aromatic carbocycles. The number of carbonyl (C=O) groups is 2. The topological polar surface area (TPSA) is 62.3 Å². The zero-order valence-corrected chi connectivity index (χ0v) is 18.6. The molecule has 4 saturated carbocycles. The van der Waals surface area contributed by atoms with Crippen LogP contribution in [-0.4, -0.2) is 34.3 Å². The third-order valence-corrected chi connectivity index (χ3v) is 8.96. The van der Waals surface area contributed by atoms with Gasteiger partial charge in [-0.05, 0) is 93.4 Å². The second-order valence-electron chi connectivity index (χ2n) is 10.3. The summed E-state index contributed by atoms with van der Waals surface area (Å²) < 4.78 is 0. The Morgan fingerprint density at radius 1 is 1.03 bits per heavy atom. The van der Waals surface area contributed by atoms with Gasteiger partial charge >= 0.3 is 0 Å². The fourth-order valence-electron chi connectivity index (χ4n) is 7.25. The summed E-state index contributed by atoms with van der Waals surface area (Å²) in [7, 11) is 0. The van der Waals surface area contributed by atoms with E-state index < -0.39 is 0 Å². The molecule has 5 fully saturated rings. The van der Waals surface area contributed by atoms with Gasteiger partial charge in [-0.3, -0.25) is 9.59 Å². The smallest absolute Gasteiger partial charge is 0.247 e. The van der Waals surface area contributed by atoms with Crippen LogP contribution in [0, 0.1) is 23.2 Å². The van der Waals surface area contributed by atoms with Crippen LogP contribution in [0.5, 0.6) is 0 Å². The SMILES string of the molecule is O=C(Nc1ccc(-c2nccs2)cc1)C1CCCN1C(=O)C12CC3CC(CC(C3)C1)C2. The van der Waals surface area contributed by atoms with Crippen molar-refractivity contribution < 1.29 is 9.59 Å². The molecule has 4 bridgehead atoms. The van der Waals surface area contributed by atoms with E-state index in [2.05, 4.69) is 10.3 Å². The molecule has 162 valence electrons. The Hall–Kier alpha value is -2.21. The van der Waals surface area contributed by atoms with Gasteiger partial charge in [0.2, 0.25) is 11.8 Å². The van der Waals surface area contributed by atoms with E-state index >= 15 is 0 Å². The summed E-state index contributed by atoms with van der Waals surface area (Å²) in [5.74, 6) is 2.45. The Balaban J connectivity index is 1.16. The highest BCUT2D eigenvalue weighted by atomic mass is 32.1. The first-order valence-corrected chi connectivity index (χ1v) is 12.6. The molecule has 6 heteroatoms. The summed E-state index contributed by atoms with van der Waals surface area (Å²) in [6, 6.07) is 7.49. The van der Waals surface area contributed by atoms with Crippen LogP contribution in [0.3, 0.4) is 0 Å². The molecular formula is C25H29N3O2S.